The van der Waals surface area contributed by atoms with Gasteiger partial charge in [-0.25, -0.2) is 0 Å². The number of nitrogens with zero attached hydrogens (tertiary/aromatic N) is 1. The molecule has 1 heterocycles. The SMILES string of the molecule is Cc1cc(C(=O)N2CCC(C)(C(=O)O)C2)ccc1N. The molecule has 0 bridgehead atoms. The fourth-order valence-corrected chi connectivity index (χ4v) is 2.30. The third kappa shape index (κ3) is 2.41. The molecule has 0 saturated carbocycles. The van der Waals surface area contributed by atoms with E-state index in [1.807, 2.05) is 6.92 Å². The van der Waals surface area contributed by atoms with Crippen molar-refractivity contribution in [3.8, 4) is 0 Å². The van der Waals surface area contributed by atoms with Crippen LogP contribution in [-0.4, -0.2) is 35.0 Å². The van der Waals surface area contributed by atoms with Gasteiger partial charge in [0.15, 0.2) is 0 Å². The molecule has 1 amide bonds. The number of aryl methyl sites for hydroxylation is 1. The number of anilines is 1. The van der Waals surface area contributed by atoms with Crippen molar-refractivity contribution in [2.24, 2.45) is 5.41 Å². The molecular weight excluding hydrogens is 244 g/mol. The molecule has 5 heteroatoms. The number of rotatable bonds is 2. The number of nitrogens with two attached hydrogens (primary N) is 1. The van der Waals surface area contributed by atoms with E-state index in [0.717, 1.165) is 5.56 Å². The first-order chi connectivity index (χ1) is 8.83. The van der Waals surface area contributed by atoms with Gasteiger partial charge in [-0.1, -0.05) is 0 Å². The van der Waals surface area contributed by atoms with Gasteiger partial charge in [-0.05, 0) is 44.0 Å². The van der Waals surface area contributed by atoms with Crippen LogP contribution in [0.2, 0.25) is 0 Å². The zero-order valence-corrected chi connectivity index (χ0v) is 11.1. The summed E-state index contributed by atoms with van der Waals surface area (Å²) < 4.78 is 0. The number of hydrogen-bond acceptors (Lipinski definition) is 3. The van der Waals surface area contributed by atoms with Gasteiger partial charge < -0.3 is 15.7 Å². The highest BCUT2D eigenvalue weighted by Gasteiger charge is 2.42. The summed E-state index contributed by atoms with van der Waals surface area (Å²) in [7, 11) is 0. The quantitative estimate of drug-likeness (QED) is 0.791. The first-order valence-electron chi connectivity index (χ1n) is 6.22. The Kier molecular flexibility index (Phi) is 3.22. The van der Waals surface area contributed by atoms with Crippen molar-refractivity contribution >= 4 is 17.6 Å². The van der Waals surface area contributed by atoms with Crippen LogP contribution in [0.1, 0.15) is 29.3 Å². The second-order valence-corrected chi connectivity index (χ2v) is 5.41. The third-order valence-electron chi connectivity index (χ3n) is 3.79. The second kappa shape index (κ2) is 4.57. The molecule has 1 atom stereocenters. The number of benzene rings is 1. The van der Waals surface area contributed by atoms with Crippen molar-refractivity contribution in [2.45, 2.75) is 20.3 Å². The Morgan fingerprint density at radius 3 is 2.63 bits per heavy atom. The smallest absolute Gasteiger partial charge is 0.311 e. The largest absolute Gasteiger partial charge is 0.481 e. The van der Waals surface area contributed by atoms with Crippen molar-refractivity contribution in [1.82, 2.24) is 4.90 Å². The maximum absolute atomic E-state index is 12.3. The standard InChI is InChI=1S/C14H18N2O3/c1-9-7-10(3-4-11(9)15)12(17)16-6-5-14(2,8-16)13(18)19/h3-4,7H,5-6,8,15H2,1-2H3,(H,18,19). The molecule has 0 aliphatic carbocycles. The fraction of sp³-hybridized carbons (Fsp3) is 0.429. The zero-order chi connectivity index (χ0) is 14.2. The average Bonchev–Trinajstić information content (AvgIpc) is 2.76. The minimum Gasteiger partial charge on any atom is -0.481 e. The highest BCUT2D eigenvalue weighted by Crippen LogP contribution is 2.31. The summed E-state index contributed by atoms with van der Waals surface area (Å²) in [6.45, 7) is 4.25. The minimum absolute atomic E-state index is 0.131. The van der Waals surface area contributed by atoms with E-state index < -0.39 is 11.4 Å². The van der Waals surface area contributed by atoms with Gasteiger partial charge in [-0.3, -0.25) is 9.59 Å². The highest BCUT2D eigenvalue weighted by atomic mass is 16.4. The van der Waals surface area contributed by atoms with E-state index in [1.165, 1.54) is 0 Å². The summed E-state index contributed by atoms with van der Waals surface area (Å²) in [5, 5.41) is 9.17. The maximum atomic E-state index is 12.3. The van der Waals surface area contributed by atoms with Crippen molar-refractivity contribution in [3.63, 3.8) is 0 Å². The van der Waals surface area contributed by atoms with E-state index in [4.69, 9.17) is 10.8 Å². The van der Waals surface area contributed by atoms with Crippen molar-refractivity contribution in [3.05, 3.63) is 29.3 Å². The first-order valence-corrected chi connectivity index (χ1v) is 6.22. The number of likely N-dealkylation sites (tertiary alicyclic amines) is 1. The van der Waals surface area contributed by atoms with Gasteiger partial charge in [0.1, 0.15) is 0 Å². The Hall–Kier alpha value is -2.04. The van der Waals surface area contributed by atoms with E-state index in [1.54, 1.807) is 30.0 Å². The third-order valence-corrected chi connectivity index (χ3v) is 3.79. The predicted molar refractivity (Wildman–Crippen MR) is 71.9 cm³/mol. The molecule has 2 rings (SSSR count). The fourth-order valence-electron chi connectivity index (χ4n) is 2.30. The van der Waals surface area contributed by atoms with Crippen LogP contribution in [0.3, 0.4) is 0 Å². The number of carboxylic acid groups (broad SMARTS) is 1. The number of aliphatic carboxylic acids is 1. The molecule has 0 radical (unpaired) electrons. The van der Waals surface area contributed by atoms with Gasteiger partial charge in [0.25, 0.3) is 5.91 Å². The van der Waals surface area contributed by atoms with Crippen LogP contribution in [0.5, 0.6) is 0 Å². The van der Waals surface area contributed by atoms with Crippen LogP contribution < -0.4 is 5.73 Å². The Morgan fingerprint density at radius 2 is 2.11 bits per heavy atom. The molecule has 1 saturated heterocycles. The molecule has 1 aromatic rings. The molecular formula is C14H18N2O3. The molecule has 1 aliphatic heterocycles. The second-order valence-electron chi connectivity index (χ2n) is 5.41. The van der Waals surface area contributed by atoms with Crippen LogP contribution >= 0.6 is 0 Å². The van der Waals surface area contributed by atoms with Gasteiger partial charge in [-0.15, -0.1) is 0 Å². The monoisotopic (exact) mass is 262 g/mol. The van der Waals surface area contributed by atoms with E-state index in [2.05, 4.69) is 0 Å². The molecule has 3 N–H and O–H groups in total. The summed E-state index contributed by atoms with van der Waals surface area (Å²) in [6.07, 6.45) is 0.488. The summed E-state index contributed by atoms with van der Waals surface area (Å²) in [6, 6.07) is 5.13. The molecule has 5 nitrogen and oxygen atoms in total. The number of carboxylic acids is 1. The number of nitrogen functional groups attached to an aromatic ring is 1. The molecule has 0 aromatic heterocycles. The Bertz CT molecular complexity index is 541. The topological polar surface area (TPSA) is 83.6 Å². The zero-order valence-electron chi connectivity index (χ0n) is 11.1. The lowest BCUT2D eigenvalue weighted by Crippen LogP contribution is -2.34. The van der Waals surface area contributed by atoms with E-state index >= 15 is 0 Å². The summed E-state index contributed by atoms with van der Waals surface area (Å²) >= 11 is 0. The Labute approximate surface area is 112 Å². The van der Waals surface area contributed by atoms with E-state index in [-0.39, 0.29) is 12.5 Å². The van der Waals surface area contributed by atoms with Gasteiger partial charge in [0.05, 0.1) is 5.41 Å². The summed E-state index contributed by atoms with van der Waals surface area (Å²) in [4.78, 5) is 25.1. The molecule has 19 heavy (non-hydrogen) atoms. The number of hydrogen-bond donors (Lipinski definition) is 2. The first kappa shape index (κ1) is 13.4. The number of carbonyl (C=O) groups is 2. The molecule has 1 fully saturated rings. The molecule has 102 valence electrons. The van der Waals surface area contributed by atoms with Crippen LogP contribution in [0.4, 0.5) is 5.69 Å². The van der Waals surface area contributed by atoms with E-state index in [0.29, 0.717) is 24.2 Å². The van der Waals surface area contributed by atoms with Crippen molar-refractivity contribution < 1.29 is 14.7 Å². The normalized spacial score (nSPS) is 22.5. The Morgan fingerprint density at radius 1 is 1.42 bits per heavy atom. The lowest BCUT2D eigenvalue weighted by Gasteiger charge is -2.20. The molecule has 1 unspecified atom stereocenters. The molecule has 1 aromatic carbocycles. The Balaban J connectivity index is 2.18. The van der Waals surface area contributed by atoms with Crippen LogP contribution in [0.15, 0.2) is 18.2 Å². The number of carbonyl (C=O) groups excluding carboxylic acids is 1. The summed E-state index contributed by atoms with van der Waals surface area (Å²) in [5.74, 6) is -0.982. The maximum Gasteiger partial charge on any atom is 0.311 e. The lowest BCUT2D eigenvalue weighted by atomic mass is 9.90. The molecule has 0 spiro atoms. The highest BCUT2D eigenvalue weighted by molar-refractivity contribution is 5.95. The predicted octanol–water partition coefficient (Wildman–Crippen LogP) is 1.51. The van der Waals surface area contributed by atoms with E-state index in [9.17, 15) is 9.59 Å². The van der Waals surface area contributed by atoms with Gasteiger partial charge in [0, 0.05) is 24.3 Å². The van der Waals surface area contributed by atoms with Crippen LogP contribution in [0, 0.1) is 12.3 Å². The minimum atomic E-state index is -0.851. The average molecular weight is 262 g/mol. The van der Waals surface area contributed by atoms with Gasteiger partial charge in [-0.2, -0.15) is 0 Å². The van der Waals surface area contributed by atoms with Crippen molar-refractivity contribution in [2.75, 3.05) is 18.8 Å². The number of amides is 1. The lowest BCUT2D eigenvalue weighted by molar-refractivity contribution is -0.147. The molecule has 1 aliphatic rings. The van der Waals surface area contributed by atoms with Crippen molar-refractivity contribution in [1.29, 1.82) is 0 Å². The van der Waals surface area contributed by atoms with Gasteiger partial charge >= 0.3 is 5.97 Å². The summed E-state index contributed by atoms with van der Waals surface area (Å²) in [5.41, 5.74) is 6.94. The van der Waals surface area contributed by atoms with Crippen LogP contribution in [-0.2, 0) is 4.79 Å². The van der Waals surface area contributed by atoms with Gasteiger partial charge in [0.2, 0.25) is 0 Å². The van der Waals surface area contributed by atoms with Crippen LogP contribution in [0.25, 0.3) is 0 Å².